The van der Waals surface area contributed by atoms with Crippen LogP contribution in [0.2, 0.25) is 0 Å². The first-order valence-electron chi connectivity index (χ1n) is 11.8. The molecule has 3 aromatic heterocycles. The van der Waals surface area contributed by atoms with Gasteiger partial charge in [0, 0.05) is 42.8 Å². The van der Waals surface area contributed by atoms with E-state index in [-0.39, 0.29) is 11.8 Å². The largest absolute Gasteiger partial charge is 0.489 e. The van der Waals surface area contributed by atoms with Gasteiger partial charge in [-0.1, -0.05) is 0 Å². The second-order valence-corrected chi connectivity index (χ2v) is 9.79. The highest BCUT2D eigenvalue weighted by Gasteiger charge is 2.30. The standard InChI is InChI=1S/C24H30N6O2/c1-28-8-6-17(13-28)15-32-21-12-25-30(14-16-2-3-16)23(21)19-7-9-29-20(10-19)11-22(27-29)26-24(31)18-4-5-18/h7,9-12,16-18H,2-6,8,13-15H2,1H3,(H,26,27,31)/t17-/m1/s1. The van der Waals surface area contributed by atoms with E-state index in [0.717, 1.165) is 61.6 Å². The molecule has 8 nitrogen and oxygen atoms in total. The minimum atomic E-state index is 0.0735. The summed E-state index contributed by atoms with van der Waals surface area (Å²) in [5.74, 6) is 2.97. The van der Waals surface area contributed by atoms with Crippen molar-refractivity contribution >= 4 is 17.2 Å². The smallest absolute Gasteiger partial charge is 0.228 e. The highest BCUT2D eigenvalue weighted by Crippen LogP contribution is 2.36. The highest BCUT2D eigenvalue weighted by molar-refractivity contribution is 5.93. The summed E-state index contributed by atoms with van der Waals surface area (Å²) in [7, 11) is 2.17. The lowest BCUT2D eigenvalue weighted by atomic mass is 10.1. The summed E-state index contributed by atoms with van der Waals surface area (Å²) in [5, 5.41) is 12.1. The molecule has 3 fully saturated rings. The third-order valence-corrected chi connectivity index (χ3v) is 6.83. The SMILES string of the molecule is CN1CC[C@@H](COc2cnn(CC3CC3)c2-c2ccn3nc(NC(=O)C4CC4)cc3c2)C1. The quantitative estimate of drug-likeness (QED) is 0.589. The number of likely N-dealkylation sites (tertiary alicyclic amines) is 1. The van der Waals surface area contributed by atoms with Gasteiger partial charge in [0.25, 0.3) is 0 Å². The molecule has 168 valence electrons. The number of hydrogen-bond donors (Lipinski definition) is 1. The van der Waals surface area contributed by atoms with Gasteiger partial charge in [0.15, 0.2) is 11.6 Å². The molecule has 2 saturated carbocycles. The van der Waals surface area contributed by atoms with E-state index in [1.54, 1.807) is 0 Å². The van der Waals surface area contributed by atoms with Gasteiger partial charge >= 0.3 is 0 Å². The molecule has 6 rings (SSSR count). The van der Waals surface area contributed by atoms with Gasteiger partial charge in [-0.3, -0.25) is 9.48 Å². The number of ether oxygens (including phenoxy) is 1. The normalized spacial score (nSPS) is 21.3. The van der Waals surface area contributed by atoms with Crippen molar-refractivity contribution in [1.29, 1.82) is 0 Å². The number of nitrogens with zero attached hydrogens (tertiary/aromatic N) is 5. The van der Waals surface area contributed by atoms with Crippen LogP contribution in [0, 0.1) is 17.8 Å². The van der Waals surface area contributed by atoms with E-state index >= 15 is 0 Å². The molecule has 1 aliphatic heterocycles. The molecular weight excluding hydrogens is 404 g/mol. The van der Waals surface area contributed by atoms with Crippen LogP contribution in [0.15, 0.2) is 30.6 Å². The number of carbonyl (C=O) groups excluding carboxylic acids is 1. The number of anilines is 1. The molecule has 4 heterocycles. The van der Waals surface area contributed by atoms with Crippen LogP contribution in [0.3, 0.4) is 0 Å². The first-order chi connectivity index (χ1) is 15.6. The van der Waals surface area contributed by atoms with Crippen LogP contribution in [-0.2, 0) is 11.3 Å². The minimum absolute atomic E-state index is 0.0735. The molecule has 0 unspecified atom stereocenters. The van der Waals surface area contributed by atoms with Gasteiger partial charge in [-0.05, 0) is 63.7 Å². The fraction of sp³-hybridized carbons (Fsp3) is 0.542. The predicted octanol–water partition coefficient (Wildman–Crippen LogP) is 3.29. The Kier molecular flexibility index (Phi) is 4.90. The predicted molar refractivity (Wildman–Crippen MR) is 122 cm³/mol. The van der Waals surface area contributed by atoms with Gasteiger partial charge in [0.1, 0.15) is 5.69 Å². The van der Waals surface area contributed by atoms with Crippen LogP contribution in [0.25, 0.3) is 16.8 Å². The highest BCUT2D eigenvalue weighted by atomic mass is 16.5. The topological polar surface area (TPSA) is 76.7 Å². The lowest BCUT2D eigenvalue weighted by Gasteiger charge is -2.14. The Hall–Kier alpha value is -2.87. The number of amides is 1. The molecule has 2 aliphatic carbocycles. The summed E-state index contributed by atoms with van der Waals surface area (Å²) in [6.45, 7) is 3.87. The lowest BCUT2D eigenvalue weighted by molar-refractivity contribution is -0.117. The van der Waals surface area contributed by atoms with Gasteiger partial charge in [0.2, 0.25) is 5.91 Å². The number of carbonyl (C=O) groups is 1. The van der Waals surface area contributed by atoms with Gasteiger partial charge in [-0.15, -0.1) is 0 Å². The van der Waals surface area contributed by atoms with Crippen LogP contribution in [0.5, 0.6) is 5.75 Å². The monoisotopic (exact) mass is 434 g/mol. The van der Waals surface area contributed by atoms with Gasteiger partial charge in [-0.2, -0.15) is 10.2 Å². The van der Waals surface area contributed by atoms with Crippen LogP contribution in [0.4, 0.5) is 5.82 Å². The van der Waals surface area contributed by atoms with Gasteiger partial charge in [-0.25, -0.2) is 4.52 Å². The lowest BCUT2D eigenvalue weighted by Crippen LogP contribution is -2.18. The first kappa shape index (κ1) is 19.8. The van der Waals surface area contributed by atoms with Crippen molar-refractivity contribution in [3.63, 3.8) is 0 Å². The van der Waals surface area contributed by atoms with Crippen molar-refractivity contribution in [3.8, 4) is 17.0 Å². The zero-order valence-electron chi connectivity index (χ0n) is 18.5. The Morgan fingerprint density at radius 3 is 2.81 bits per heavy atom. The third-order valence-electron chi connectivity index (χ3n) is 6.83. The molecule has 0 bridgehead atoms. The van der Waals surface area contributed by atoms with E-state index < -0.39 is 0 Å². The maximum absolute atomic E-state index is 12.1. The number of nitrogens with one attached hydrogen (secondary N) is 1. The van der Waals surface area contributed by atoms with E-state index in [2.05, 4.69) is 44.3 Å². The molecule has 1 saturated heterocycles. The van der Waals surface area contributed by atoms with Crippen molar-refractivity contribution in [2.24, 2.45) is 17.8 Å². The second kappa shape index (κ2) is 7.92. The number of aromatic nitrogens is 4. The Morgan fingerprint density at radius 2 is 2.06 bits per heavy atom. The summed E-state index contributed by atoms with van der Waals surface area (Å²) in [6.07, 6.45) is 9.51. The Bertz CT molecular complexity index is 1140. The van der Waals surface area contributed by atoms with E-state index in [4.69, 9.17) is 4.74 Å². The molecule has 1 amide bonds. The van der Waals surface area contributed by atoms with E-state index in [9.17, 15) is 4.79 Å². The summed E-state index contributed by atoms with van der Waals surface area (Å²) in [6, 6.07) is 6.10. The number of pyridine rings is 1. The molecule has 0 aromatic carbocycles. The molecule has 1 N–H and O–H groups in total. The zero-order valence-corrected chi connectivity index (χ0v) is 18.5. The van der Waals surface area contributed by atoms with Crippen molar-refractivity contribution in [2.75, 3.05) is 32.1 Å². The van der Waals surface area contributed by atoms with Crippen LogP contribution >= 0.6 is 0 Å². The number of rotatable bonds is 8. The molecule has 0 radical (unpaired) electrons. The Morgan fingerprint density at radius 1 is 1.19 bits per heavy atom. The maximum atomic E-state index is 12.1. The molecule has 32 heavy (non-hydrogen) atoms. The average Bonchev–Trinajstić information content (AvgIpc) is 3.67. The second-order valence-electron chi connectivity index (χ2n) is 9.79. The van der Waals surface area contributed by atoms with Gasteiger partial charge in [0.05, 0.1) is 18.3 Å². The van der Waals surface area contributed by atoms with Crippen molar-refractivity contribution in [2.45, 2.75) is 38.6 Å². The third kappa shape index (κ3) is 4.11. The van der Waals surface area contributed by atoms with Gasteiger partial charge < -0.3 is 15.0 Å². The van der Waals surface area contributed by atoms with Crippen molar-refractivity contribution in [3.05, 3.63) is 30.6 Å². The van der Waals surface area contributed by atoms with Crippen LogP contribution in [0.1, 0.15) is 32.1 Å². The Labute approximate surface area is 187 Å². The number of hydrogen-bond acceptors (Lipinski definition) is 5. The summed E-state index contributed by atoms with van der Waals surface area (Å²) < 4.78 is 10.2. The minimum Gasteiger partial charge on any atom is -0.489 e. The van der Waals surface area contributed by atoms with Crippen molar-refractivity contribution in [1.82, 2.24) is 24.3 Å². The van der Waals surface area contributed by atoms with Crippen LogP contribution in [-0.4, -0.2) is 56.9 Å². The fourth-order valence-corrected chi connectivity index (χ4v) is 4.60. The molecule has 3 aliphatic rings. The van der Waals surface area contributed by atoms with E-state index in [1.165, 1.54) is 19.3 Å². The molecule has 3 aromatic rings. The summed E-state index contributed by atoms with van der Waals surface area (Å²) in [5.41, 5.74) is 3.04. The number of fused-ring (bicyclic) bond motifs is 1. The molecule has 1 atom stereocenters. The molecule has 8 heteroatoms. The summed E-state index contributed by atoms with van der Waals surface area (Å²) in [4.78, 5) is 14.5. The average molecular weight is 435 g/mol. The molecule has 0 spiro atoms. The van der Waals surface area contributed by atoms with Crippen molar-refractivity contribution < 1.29 is 9.53 Å². The van der Waals surface area contributed by atoms with E-state index in [0.29, 0.717) is 17.7 Å². The van der Waals surface area contributed by atoms with E-state index in [1.807, 2.05) is 23.0 Å². The maximum Gasteiger partial charge on any atom is 0.228 e. The zero-order chi connectivity index (χ0) is 21.7. The Balaban J connectivity index is 1.27. The first-order valence-corrected chi connectivity index (χ1v) is 11.8. The van der Waals surface area contributed by atoms with Crippen LogP contribution < -0.4 is 10.1 Å². The molecular formula is C24H30N6O2. The fourth-order valence-electron chi connectivity index (χ4n) is 4.60. The summed E-state index contributed by atoms with van der Waals surface area (Å²) >= 11 is 0.